The third kappa shape index (κ3) is 2.12. The second-order valence-corrected chi connectivity index (χ2v) is 5.39. The van der Waals surface area contributed by atoms with Crippen molar-refractivity contribution >= 4 is 16.0 Å². The lowest BCUT2D eigenvalue weighted by atomic mass is 10.2. The Morgan fingerprint density at radius 3 is 2.61 bits per heavy atom. The molecule has 0 radical (unpaired) electrons. The highest BCUT2D eigenvalue weighted by Gasteiger charge is 2.25. The first-order chi connectivity index (χ1) is 8.45. The van der Waals surface area contributed by atoms with E-state index in [1.54, 1.807) is 0 Å². The normalized spacial score (nSPS) is 14.3. The zero-order valence-electron chi connectivity index (χ0n) is 9.47. The van der Waals surface area contributed by atoms with Crippen LogP contribution in [-0.2, 0) is 10.0 Å². The zero-order chi connectivity index (χ0) is 13.3. The number of nitrogens with one attached hydrogen (secondary N) is 1. The second kappa shape index (κ2) is 4.46. The molecule has 0 amide bonds. The molecule has 0 unspecified atom stereocenters. The number of carboxylic acids is 1. The van der Waals surface area contributed by atoms with E-state index in [1.807, 2.05) is 0 Å². The van der Waals surface area contributed by atoms with Gasteiger partial charge in [0.15, 0.2) is 11.5 Å². The van der Waals surface area contributed by atoms with Crippen molar-refractivity contribution in [1.29, 1.82) is 0 Å². The third-order valence-electron chi connectivity index (χ3n) is 2.43. The van der Waals surface area contributed by atoms with Gasteiger partial charge in [-0.3, -0.25) is 0 Å². The molecule has 2 rings (SSSR count). The number of sulfonamides is 1. The Hall–Kier alpha value is -1.80. The minimum Gasteiger partial charge on any atom is -0.486 e. The lowest BCUT2D eigenvalue weighted by Gasteiger charge is -2.20. The third-order valence-corrected chi connectivity index (χ3v) is 3.82. The highest BCUT2D eigenvalue weighted by molar-refractivity contribution is 7.89. The molecule has 1 aliphatic rings. The first kappa shape index (κ1) is 12.7. The topological polar surface area (TPSA) is 102 Å². The van der Waals surface area contributed by atoms with Gasteiger partial charge in [0.2, 0.25) is 10.0 Å². The van der Waals surface area contributed by atoms with Gasteiger partial charge in [-0.15, -0.1) is 0 Å². The molecule has 0 atom stereocenters. The Morgan fingerprint density at radius 1 is 1.33 bits per heavy atom. The van der Waals surface area contributed by atoms with E-state index >= 15 is 0 Å². The minimum atomic E-state index is -3.74. The fourth-order valence-corrected chi connectivity index (χ4v) is 2.33. The predicted molar refractivity (Wildman–Crippen MR) is 60.6 cm³/mol. The van der Waals surface area contributed by atoms with Crippen molar-refractivity contribution in [1.82, 2.24) is 4.72 Å². The van der Waals surface area contributed by atoms with E-state index in [1.165, 1.54) is 13.1 Å². The van der Waals surface area contributed by atoms with Gasteiger partial charge in [0.25, 0.3) is 0 Å². The van der Waals surface area contributed by atoms with Gasteiger partial charge in [0, 0.05) is 6.07 Å². The average molecular weight is 273 g/mol. The summed E-state index contributed by atoms with van der Waals surface area (Å²) in [6.45, 7) is 0.473. The summed E-state index contributed by atoms with van der Waals surface area (Å²) < 4.78 is 35.8. The molecule has 0 aliphatic carbocycles. The van der Waals surface area contributed by atoms with Crippen LogP contribution in [0, 0.1) is 0 Å². The molecule has 0 fully saturated rings. The molecule has 7 nitrogen and oxygen atoms in total. The van der Waals surface area contributed by atoms with Crippen LogP contribution in [-0.4, -0.2) is 39.8 Å². The van der Waals surface area contributed by atoms with Crippen LogP contribution in [0.5, 0.6) is 11.5 Å². The van der Waals surface area contributed by atoms with Crippen LogP contribution in [0.4, 0.5) is 0 Å². The maximum absolute atomic E-state index is 11.7. The molecule has 1 aromatic rings. The Labute approximate surface area is 103 Å². The first-order valence-corrected chi connectivity index (χ1v) is 6.54. The number of carbonyl (C=O) groups is 1. The number of ether oxygens (including phenoxy) is 2. The number of fused-ring (bicyclic) bond motifs is 1. The molecule has 0 aromatic heterocycles. The van der Waals surface area contributed by atoms with Crippen LogP contribution in [0.1, 0.15) is 10.4 Å². The molecule has 1 aromatic carbocycles. The lowest BCUT2D eigenvalue weighted by molar-refractivity contribution is 0.0685. The number of rotatable bonds is 3. The van der Waals surface area contributed by atoms with Crippen LogP contribution in [0.3, 0.4) is 0 Å². The maximum atomic E-state index is 11.7. The van der Waals surface area contributed by atoms with Crippen molar-refractivity contribution in [2.45, 2.75) is 4.90 Å². The predicted octanol–water partition coefficient (Wildman–Crippen LogP) is 0.0641. The number of carboxylic acid groups (broad SMARTS) is 1. The monoisotopic (exact) mass is 273 g/mol. The Kier molecular flexibility index (Phi) is 3.14. The highest BCUT2D eigenvalue weighted by Crippen LogP contribution is 2.36. The molecule has 98 valence electrons. The lowest BCUT2D eigenvalue weighted by Crippen LogP contribution is -2.22. The van der Waals surface area contributed by atoms with Crippen LogP contribution in [0.2, 0.25) is 0 Å². The van der Waals surface area contributed by atoms with Gasteiger partial charge in [-0.1, -0.05) is 0 Å². The largest absolute Gasteiger partial charge is 0.486 e. The van der Waals surface area contributed by atoms with E-state index in [9.17, 15) is 13.2 Å². The van der Waals surface area contributed by atoms with Gasteiger partial charge < -0.3 is 14.6 Å². The molecule has 0 bridgehead atoms. The molecular formula is C10H11NO6S. The van der Waals surface area contributed by atoms with Gasteiger partial charge in [-0.05, 0) is 13.1 Å². The van der Waals surface area contributed by atoms with Crippen LogP contribution < -0.4 is 14.2 Å². The van der Waals surface area contributed by atoms with Crippen molar-refractivity contribution in [2.24, 2.45) is 0 Å². The quantitative estimate of drug-likeness (QED) is 0.807. The maximum Gasteiger partial charge on any atom is 0.339 e. The second-order valence-electron chi connectivity index (χ2n) is 3.51. The summed E-state index contributed by atoms with van der Waals surface area (Å²) in [7, 11) is -2.49. The summed E-state index contributed by atoms with van der Waals surface area (Å²) in [6.07, 6.45) is 0. The van der Waals surface area contributed by atoms with E-state index in [0.29, 0.717) is 0 Å². The number of hydrogen-bond donors (Lipinski definition) is 2. The van der Waals surface area contributed by atoms with Gasteiger partial charge in [0.05, 0.1) is 4.90 Å². The van der Waals surface area contributed by atoms with Crippen molar-refractivity contribution in [3.63, 3.8) is 0 Å². The summed E-state index contributed by atoms with van der Waals surface area (Å²) in [5.74, 6) is -1.09. The molecule has 18 heavy (non-hydrogen) atoms. The molecular weight excluding hydrogens is 262 g/mol. The van der Waals surface area contributed by atoms with E-state index in [0.717, 1.165) is 6.07 Å². The van der Waals surface area contributed by atoms with Crippen molar-refractivity contribution in [3.8, 4) is 11.5 Å². The summed E-state index contributed by atoms with van der Waals surface area (Å²) in [6, 6.07) is 2.29. The molecule has 2 N–H and O–H groups in total. The molecule has 0 saturated heterocycles. The highest BCUT2D eigenvalue weighted by atomic mass is 32.2. The Morgan fingerprint density at radius 2 is 2.00 bits per heavy atom. The van der Waals surface area contributed by atoms with Gasteiger partial charge in [-0.25, -0.2) is 17.9 Å². The van der Waals surface area contributed by atoms with Gasteiger partial charge in [-0.2, -0.15) is 0 Å². The van der Waals surface area contributed by atoms with Crippen molar-refractivity contribution in [2.75, 3.05) is 20.3 Å². The van der Waals surface area contributed by atoms with E-state index in [4.69, 9.17) is 14.6 Å². The smallest absolute Gasteiger partial charge is 0.339 e. The fourth-order valence-electron chi connectivity index (χ4n) is 1.56. The molecule has 8 heteroatoms. The number of aromatic carboxylic acids is 1. The van der Waals surface area contributed by atoms with E-state index in [2.05, 4.69) is 4.72 Å². The van der Waals surface area contributed by atoms with E-state index in [-0.39, 0.29) is 35.2 Å². The van der Waals surface area contributed by atoms with Crippen molar-refractivity contribution in [3.05, 3.63) is 17.7 Å². The molecule has 1 aliphatic heterocycles. The number of benzene rings is 1. The van der Waals surface area contributed by atoms with Crippen LogP contribution in [0.15, 0.2) is 17.0 Å². The average Bonchev–Trinajstić information content (AvgIpc) is 2.37. The summed E-state index contributed by atoms with van der Waals surface area (Å²) in [5.41, 5.74) is -0.235. The number of hydrogen-bond acceptors (Lipinski definition) is 5. The standard InChI is InChI=1S/C10H11NO6S/c1-11-18(14,15)6-4-7(10(12)13)9-8(5-6)16-2-3-17-9/h4-5,11H,2-3H2,1H3,(H,12,13). The SMILES string of the molecule is CNS(=O)(=O)c1cc2c(c(C(=O)O)c1)OCCO2. The van der Waals surface area contributed by atoms with E-state index < -0.39 is 16.0 Å². The minimum absolute atomic E-state index is 0.0591. The Balaban J connectivity index is 2.66. The van der Waals surface area contributed by atoms with Gasteiger partial charge in [0.1, 0.15) is 18.8 Å². The fraction of sp³-hybridized carbons (Fsp3) is 0.300. The summed E-state index contributed by atoms with van der Waals surface area (Å²) in [5, 5.41) is 9.05. The summed E-state index contributed by atoms with van der Waals surface area (Å²) in [4.78, 5) is 10.9. The first-order valence-electron chi connectivity index (χ1n) is 5.06. The Bertz CT molecular complexity index is 595. The van der Waals surface area contributed by atoms with Crippen molar-refractivity contribution < 1.29 is 27.8 Å². The summed E-state index contributed by atoms with van der Waals surface area (Å²) >= 11 is 0. The molecule has 0 saturated carbocycles. The zero-order valence-corrected chi connectivity index (χ0v) is 10.3. The van der Waals surface area contributed by atoms with Gasteiger partial charge >= 0.3 is 5.97 Å². The van der Waals surface area contributed by atoms with Crippen LogP contribution in [0.25, 0.3) is 0 Å². The van der Waals surface area contributed by atoms with Crippen LogP contribution >= 0.6 is 0 Å². The molecule has 1 heterocycles. The molecule has 0 spiro atoms.